The van der Waals surface area contributed by atoms with Gasteiger partial charge in [-0.1, -0.05) is 38.0 Å². The van der Waals surface area contributed by atoms with E-state index in [4.69, 9.17) is 4.52 Å². The van der Waals surface area contributed by atoms with Crippen LogP contribution in [-0.2, 0) is 9.09 Å². The summed E-state index contributed by atoms with van der Waals surface area (Å²) in [5.74, 6) is 0. The normalized spacial score (nSPS) is 26.3. The quantitative estimate of drug-likeness (QED) is 0.705. The van der Waals surface area contributed by atoms with Crippen LogP contribution in [0.4, 0.5) is 0 Å². The summed E-state index contributed by atoms with van der Waals surface area (Å²) in [7, 11) is -3.58. The summed E-state index contributed by atoms with van der Waals surface area (Å²) in [4.78, 5) is 9.70. The summed E-state index contributed by atoms with van der Waals surface area (Å²) in [6.45, 7) is 5.55. The minimum atomic E-state index is -3.58. The fourth-order valence-corrected chi connectivity index (χ4v) is 3.52. The van der Waals surface area contributed by atoms with Crippen molar-refractivity contribution in [3.05, 3.63) is 23.8 Å². The van der Waals surface area contributed by atoms with Gasteiger partial charge in [0, 0.05) is 0 Å². The number of hydrogen-bond donors (Lipinski definition) is 2. The van der Waals surface area contributed by atoms with Gasteiger partial charge in [-0.2, -0.15) is 0 Å². The van der Waals surface area contributed by atoms with Gasteiger partial charge < -0.3 is 14.5 Å². The fourth-order valence-electron chi connectivity index (χ4n) is 2.09. The van der Waals surface area contributed by atoms with Crippen LogP contribution in [0.25, 0.3) is 0 Å². The van der Waals surface area contributed by atoms with Gasteiger partial charge in [-0.15, -0.1) is 0 Å². The average Bonchev–Trinajstić information content (AvgIpc) is 2.28. The molecule has 0 aliphatic heterocycles. The van der Waals surface area contributed by atoms with E-state index in [9.17, 15) is 14.6 Å². The zero-order valence-corrected chi connectivity index (χ0v) is 12.9. The second-order valence-electron chi connectivity index (χ2n) is 5.47. The molecule has 1 aliphatic rings. The highest BCUT2D eigenvalue weighted by atomic mass is 31.2. The van der Waals surface area contributed by atoms with Crippen LogP contribution >= 0.6 is 7.60 Å². The van der Waals surface area contributed by atoms with Crippen molar-refractivity contribution in [2.24, 2.45) is 0 Å². The second-order valence-corrected chi connectivity index (χ2v) is 7.28. The van der Waals surface area contributed by atoms with Crippen LogP contribution in [-0.4, -0.2) is 27.9 Å². The monoisotopic (exact) mass is 288 g/mol. The Hall–Kier alpha value is -0.410. The molecule has 4 nitrogen and oxygen atoms in total. The standard InChI is InChI=1S/C14H25O4P/c1-4-5-8-14(15)9-6-13(7-10-14)11-19(16,17)18-12(2)3/h6-7,9,12,15H,4-5,8,10-11H2,1-3H3,(H,16,17). The molecule has 19 heavy (non-hydrogen) atoms. The maximum absolute atomic E-state index is 11.8. The predicted molar refractivity (Wildman–Crippen MR) is 77.2 cm³/mol. The largest absolute Gasteiger partial charge is 0.385 e. The first-order valence-electron chi connectivity index (χ1n) is 6.87. The van der Waals surface area contributed by atoms with Crippen molar-refractivity contribution in [2.75, 3.05) is 6.16 Å². The lowest BCUT2D eigenvalue weighted by atomic mass is 9.88. The Morgan fingerprint density at radius 3 is 2.68 bits per heavy atom. The molecule has 0 heterocycles. The first-order chi connectivity index (χ1) is 8.76. The van der Waals surface area contributed by atoms with Crippen molar-refractivity contribution in [1.82, 2.24) is 0 Å². The molecule has 0 bridgehead atoms. The van der Waals surface area contributed by atoms with E-state index >= 15 is 0 Å². The minimum Gasteiger partial charge on any atom is -0.385 e. The Morgan fingerprint density at radius 2 is 2.21 bits per heavy atom. The summed E-state index contributed by atoms with van der Waals surface area (Å²) in [5.41, 5.74) is -0.0367. The molecule has 0 aromatic carbocycles. The molecule has 1 rings (SSSR count). The third-order valence-corrected chi connectivity index (χ3v) is 4.56. The Balaban J connectivity index is 2.57. The van der Waals surface area contributed by atoms with E-state index in [-0.39, 0.29) is 12.3 Å². The Labute approximate surface area is 115 Å². The van der Waals surface area contributed by atoms with Gasteiger partial charge in [-0.05, 0) is 32.3 Å². The zero-order chi connectivity index (χ0) is 14.5. The molecule has 0 saturated heterocycles. The first kappa shape index (κ1) is 16.6. The smallest absolute Gasteiger partial charge is 0.332 e. The molecule has 110 valence electrons. The Kier molecular flexibility index (Phi) is 6.00. The van der Waals surface area contributed by atoms with Crippen molar-refractivity contribution in [3.63, 3.8) is 0 Å². The molecule has 2 unspecified atom stereocenters. The molecule has 0 spiro atoms. The number of unbranched alkanes of at least 4 members (excludes halogenated alkanes) is 1. The van der Waals surface area contributed by atoms with Crippen molar-refractivity contribution in [3.8, 4) is 0 Å². The molecule has 0 aromatic rings. The molecule has 1 aliphatic carbocycles. The minimum absolute atomic E-state index is 0.00549. The third-order valence-electron chi connectivity index (χ3n) is 3.05. The maximum atomic E-state index is 11.8. The van der Waals surface area contributed by atoms with Crippen LogP contribution in [0.2, 0.25) is 0 Å². The summed E-state index contributed by atoms with van der Waals surface area (Å²) < 4.78 is 16.9. The van der Waals surface area contributed by atoms with Gasteiger partial charge in [-0.25, -0.2) is 0 Å². The average molecular weight is 288 g/mol. The molecule has 2 atom stereocenters. The topological polar surface area (TPSA) is 66.8 Å². The molecular formula is C14H25O4P. The lowest BCUT2D eigenvalue weighted by Crippen LogP contribution is -2.27. The van der Waals surface area contributed by atoms with E-state index in [1.54, 1.807) is 26.0 Å². The van der Waals surface area contributed by atoms with E-state index in [2.05, 4.69) is 6.92 Å². The Bertz CT molecular complexity index is 400. The molecule has 0 aromatic heterocycles. The van der Waals surface area contributed by atoms with Crippen LogP contribution in [0.3, 0.4) is 0 Å². The molecule has 2 N–H and O–H groups in total. The molecule has 0 amide bonds. The number of aliphatic hydroxyl groups is 1. The summed E-state index contributed by atoms with van der Waals surface area (Å²) in [6.07, 6.45) is 8.29. The Morgan fingerprint density at radius 1 is 1.53 bits per heavy atom. The van der Waals surface area contributed by atoms with E-state index in [1.165, 1.54) is 0 Å². The van der Waals surface area contributed by atoms with Crippen LogP contribution in [0.5, 0.6) is 0 Å². The van der Waals surface area contributed by atoms with Crippen molar-refractivity contribution in [2.45, 2.75) is 58.2 Å². The lowest BCUT2D eigenvalue weighted by Gasteiger charge is -2.27. The highest BCUT2D eigenvalue weighted by Crippen LogP contribution is 2.46. The number of rotatable bonds is 7. The van der Waals surface area contributed by atoms with Gasteiger partial charge in [0.05, 0.1) is 17.9 Å². The van der Waals surface area contributed by atoms with Gasteiger partial charge in [0.25, 0.3) is 0 Å². The fraction of sp³-hybridized carbons (Fsp3) is 0.714. The van der Waals surface area contributed by atoms with Gasteiger partial charge >= 0.3 is 7.60 Å². The van der Waals surface area contributed by atoms with Gasteiger partial charge in [0.2, 0.25) is 0 Å². The first-order valence-corrected chi connectivity index (χ1v) is 8.63. The van der Waals surface area contributed by atoms with Crippen LogP contribution in [0.15, 0.2) is 23.8 Å². The number of allylic oxidation sites excluding steroid dienone is 2. The zero-order valence-electron chi connectivity index (χ0n) is 12.0. The summed E-state index contributed by atoms with van der Waals surface area (Å²) >= 11 is 0. The van der Waals surface area contributed by atoms with Crippen LogP contribution < -0.4 is 0 Å². The number of hydrogen-bond acceptors (Lipinski definition) is 3. The van der Waals surface area contributed by atoms with Crippen molar-refractivity contribution in [1.29, 1.82) is 0 Å². The predicted octanol–water partition coefficient (Wildman–Crippen LogP) is 3.40. The van der Waals surface area contributed by atoms with E-state index in [0.29, 0.717) is 6.42 Å². The van der Waals surface area contributed by atoms with Gasteiger partial charge in [-0.3, -0.25) is 4.57 Å². The second kappa shape index (κ2) is 6.85. The summed E-state index contributed by atoms with van der Waals surface area (Å²) in [5, 5.41) is 10.3. The SMILES string of the molecule is CCCCC1(O)C=CC(CP(=O)(O)OC(C)C)=CC1. The van der Waals surface area contributed by atoms with Crippen molar-refractivity contribution < 1.29 is 19.1 Å². The van der Waals surface area contributed by atoms with Crippen molar-refractivity contribution >= 4 is 7.60 Å². The molecule has 0 fully saturated rings. The van der Waals surface area contributed by atoms with Gasteiger partial charge in [0.1, 0.15) is 0 Å². The highest BCUT2D eigenvalue weighted by molar-refractivity contribution is 7.53. The lowest BCUT2D eigenvalue weighted by molar-refractivity contribution is 0.0805. The van der Waals surface area contributed by atoms with E-state index < -0.39 is 13.2 Å². The van der Waals surface area contributed by atoms with Crippen LogP contribution in [0, 0.1) is 0 Å². The summed E-state index contributed by atoms with van der Waals surface area (Å²) in [6, 6.07) is 0. The molecular weight excluding hydrogens is 263 g/mol. The molecule has 5 heteroatoms. The third kappa shape index (κ3) is 6.05. The molecule has 0 saturated carbocycles. The van der Waals surface area contributed by atoms with E-state index in [1.807, 2.05) is 6.08 Å². The maximum Gasteiger partial charge on any atom is 0.332 e. The van der Waals surface area contributed by atoms with E-state index in [0.717, 1.165) is 24.8 Å². The van der Waals surface area contributed by atoms with Gasteiger partial charge in [0.15, 0.2) is 0 Å². The molecule has 0 radical (unpaired) electrons. The highest BCUT2D eigenvalue weighted by Gasteiger charge is 2.27. The van der Waals surface area contributed by atoms with Crippen LogP contribution in [0.1, 0.15) is 46.5 Å².